The van der Waals surface area contributed by atoms with Gasteiger partial charge in [0.15, 0.2) is 5.82 Å². The van der Waals surface area contributed by atoms with E-state index in [9.17, 15) is 0 Å². The molecule has 5 heteroatoms. The lowest BCUT2D eigenvalue weighted by atomic mass is 10.1. The van der Waals surface area contributed by atoms with Crippen LogP contribution < -0.4 is 11.3 Å². The van der Waals surface area contributed by atoms with Gasteiger partial charge in [-0.05, 0) is 5.39 Å². The Kier molecular flexibility index (Phi) is 2.59. The van der Waals surface area contributed by atoms with E-state index in [0.29, 0.717) is 11.5 Å². The van der Waals surface area contributed by atoms with E-state index in [2.05, 4.69) is 20.4 Å². The number of anilines is 1. The van der Waals surface area contributed by atoms with Gasteiger partial charge in [0.25, 0.3) is 0 Å². The summed E-state index contributed by atoms with van der Waals surface area (Å²) in [6, 6.07) is 8.00. The second-order valence-corrected chi connectivity index (χ2v) is 3.81. The molecule has 88 valence electrons. The number of rotatable bonds is 2. The molecule has 0 aliphatic carbocycles. The zero-order valence-electron chi connectivity index (χ0n) is 9.54. The van der Waals surface area contributed by atoms with Crippen LogP contribution >= 0.6 is 0 Å². The van der Waals surface area contributed by atoms with Crippen LogP contribution in [0.2, 0.25) is 0 Å². The number of benzene rings is 1. The maximum atomic E-state index is 5.46. The summed E-state index contributed by atoms with van der Waals surface area (Å²) in [5.41, 5.74) is 4.17. The Labute approximate surface area is 104 Å². The molecule has 0 saturated carbocycles. The molecule has 0 aliphatic heterocycles. The molecule has 0 fully saturated rings. The van der Waals surface area contributed by atoms with Crippen LogP contribution in [0.15, 0.2) is 49.1 Å². The third-order valence-electron chi connectivity index (χ3n) is 2.76. The normalized spacial score (nSPS) is 10.5. The van der Waals surface area contributed by atoms with Gasteiger partial charge >= 0.3 is 0 Å². The monoisotopic (exact) mass is 237 g/mol. The van der Waals surface area contributed by atoms with Crippen LogP contribution in [0.1, 0.15) is 0 Å². The number of fused-ring (bicyclic) bond motifs is 1. The molecule has 0 aliphatic rings. The fourth-order valence-electron chi connectivity index (χ4n) is 1.95. The summed E-state index contributed by atoms with van der Waals surface area (Å²) in [4.78, 5) is 12.7. The lowest BCUT2D eigenvalue weighted by molar-refractivity contribution is 1.16. The Morgan fingerprint density at radius 2 is 1.83 bits per heavy atom. The number of nitrogens with two attached hydrogens (primary N) is 1. The third kappa shape index (κ3) is 1.66. The minimum Gasteiger partial charge on any atom is -0.307 e. The van der Waals surface area contributed by atoms with E-state index in [1.165, 1.54) is 0 Å². The Hall–Kier alpha value is -2.53. The van der Waals surface area contributed by atoms with Gasteiger partial charge in [0.05, 0.1) is 0 Å². The van der Waals surface area contributed by atoms with Crippen molar-refractivity contribution in [2.45, 2.75) is 0 Å². The molecule has 2 aromatic heterocycles. The van der Waals surface area contributed by atoms with E-state index in [1.54, 1.807) is 18.6 Å². The molecule has 5 nitrogen and oxygen atoms in total. The van der Waals surface area contributed by atoms with Crippen LogP contribution in [-0.2, 0) is 0 Å². The van der Waals surface area contributed by atoms with Gasteiger partial charge in [-0.2, -0.15) is 0 Å². The minimum atomic E-state index is 0.538. The van der Waals surface area contributed by atoms with Crippen molar-refractivity contribution < 1.29 is 0 Å². The highest BCUT2D eigenvalue weighted by atomic mass is 15.3. The third-order valence-corrected chi connectivity index (χ3v) is 2.76. The van der Waals surface area contributed by atoms with E-state index >= 15 is 0 Å². The maximum Gasteiger partial charge on any atom is 0.166 e. The molecule has 0 spiro atoms. The molecule has 2 heterocycles. The number of hydrogen-bond donors (Lipinski definition) is 2. The largest absolute Gasteiger partial charge is 0.307 e. The first-order valence-electron chi connectivity index (χ1n) is 5.51. The molecule has 0 unspecified atom stereocenters. The summed E-state index contributed by atoms with van der Waals surface area (Å²) in [7, 11) is 0. The average Bonchev–Trinajstić information content (AvgIpc) is 2.46. The highest BCUT2D eigenvalue weighted by molar-refractivity contribution is 5.96. The van der Waals surface area contributed by atoms with Crippen molar-refractivity contribution in [3.63, 3.8) is 0 Å². The van der Waals surface area contributed by atoms with Gasteiger partial charge < -0.3 is 5.43 Å². The van der Waals surface area contributed by atoms with Crippen LogP contribution in [-0.4, -0.2) is 15.0 Å². The summed E-state index contributed by atoms with van der Waals surface area (Å²) in [6.07, 6.45) is 6.83. The molecular formula is C13H11N5. The van der Waals surface area contributed by atoms with Crippen LogP contribution in [0.5, 0.6) is 0 Å². The highest BCUT2D eigenvalue weighted by Crippen LogP contribution is 2.29. The molecule has 3 aromatic rings. The first kappa shape index (κ1) is 10.6. The zero-order valence-corrected chi connectivity index (χ0v) is 9.54. The van der Waals surface area contributed by atoms with Crippen LogP contribution in [0, 0.1) is 0 Å². The summed E-state index contributed by atoms with van der Waals surface area (Å²) in [5, 5.41) is 2.13. The molecule has 0 bridgehead atoms. The van der Waals surface area contributed by atoms with Crippen LogP contribution in [0.4, 0.5) is 5.82 Å². The zero-order chi connectivity index (χ0) is 12.4. The van der Waals surface area contributed by atoms with E-state index in [-0.39, 0.29) is 0 Å². The molecule has 0 amide bonds. The van der Waals surface area contributed by atoms with Crippen molar-refractivity contribution in [3.05, 3.63) is 49.1 Å². The first-order chi connectivity index (χ1) is 8.90. The number of aromatic nitrogens is 3. The van der Waals surface area contributed by atoms with E-state index < -0.39 is 0 Å². The van der Waals surface area contributed by atoms with Crippen molar-refractivity contribution in [2.24, 2.45) is 5.84 Å². The number of nitrogens with zero attached hydrogens (tertiary/aromatic N) is 3. The molecule has 18 heavy (non-hydrogen) atoms. The van der Waals surface area contributed by atoms with Gasteiger partial charge in [0.1, 0.15) is 5.69 Å². The number of hydrogen-bond acceptors (Lipinski definition) is 5. The number of nitrogen functional groups attached to an aromatic ring is 1. The maximum absolute atomic E-state index is 5.46. The Morgan fingerprint density at radius 3 is 2.72 bits per heavy atom. The molecule has 1 aromatic carbocycles. The SMILES string of the molecule is NNc1nccnc1-c1cncc2ccccc12. The standard InChI is InChI=1S/C13H11N5/c14-18-13-12(16-5-6-17-13)11-8-15-7-9-3-1-2-4-10(9)11/h1-8H,14H2,(H,17,18). The second kappa shape index (κ2) is 4.38. The predicted octanol–water partition coefficient (Wildman–Crippen LogP) is 1.98. The fraction of sp³-hybridized carbons (Fsp3) is 0. The number of hydrazine groups is 1. The van der Waals surface area contributed by atoms with Crippen molar-refractivity contribution in [1.82, 2.24) is 15.0 Å². The second-order valence-electron chi connectivity index (χ2n) is 3.81. The van der Waals surface area contributed by atoms with Crippen molar-refractivity contribution in [2.75, 3.05) is 5.43 Å². The van der Waals surface area contributed by atoms with E-state index in [0.717, 1.165) is 16.3 Å². The number of nitrogens with one attached hydrogen (secondary N) is 1. The molecule has 3 N–H and O–H groups in total. The lowest BCUT2D eigenvalue weighted by Gasteiger charge is -2.08. The lowest BCUT2D eigenvalue weighted by Crippen LogP contribution is -2.10. The highest BCUT2D eigenvalue weighted by Gasteiger charge is 2.10. The first-order valence-corrected chi connectivity index (χ1v) is 5.51. The van der Waals surface area contributed by atoms with Gasteiger partial charge in [0.2, 0.25) is 0 Å². The van der Waals surface area contributed by atoms with Crippen LogP contribution in [0.3, 0.4) is 0 Å². The van der Waals surface area contributed by atoms with Crippen molar-refractivity contribution >= 4 is 16.6 Å². The smallest absolute Gasteiger partial charge is 0.166 e. The van der Waals surface area contributed by atoms with Gasteiger partial charge in [-0.3, -0.25) is 9.97 Å². The number of pyridine rings is 1. The molecule has 0 radical (unpaired) electrons. The molecular weight excluding hydrogens is 226 g/mol. The van der Waals surface area contributed by atoms with Crippen molar-refractivity contribution in [1.29, 1.82) is 0 Å². The topological polar surface area (TPSA) is 76.7 Å². The fourth-order valence-corrected chi connectivity index (χ4v) is 1.95. The molecule has 3 rings (SSSR count). The van der Waals surface area contributed by atoms with Gasteiger partial charge in [-0.25, -0.2) is 10.8 Å². The van der Waals surface area contributed by atoms with Gasteiger partial charge in [0, 0.05) is 35.7 Å². The average molecular weight is 237 g/mol. The Bertz CT molecular complexity index is 690. The molecule has 0 atom stereocenters. The minimum absolute atomic E-state index is 0.538. The molecule has 0 saturated heterocycles. The summed E-state index contributed by atoms with van der Waals surface area (Å²) >= 11 is 0. The van der Waals surface area contributed by atoms with Crippen molar-refractivity contribution in [3.8, 4) is 11.3 Å². The van der Waals surface area contributed by atoms with Gasteiger partial charge in [-0.15, -0.1) is 0 Å². The predicted molar refractivity (Wildman–Crippen MR) is 70.6 cm³/mol. The van der Waals surface area contributed by atoms with Gasteiger partial charge in [-0.1, -0.05) is 24.3 Å². The summed E-state index contributed by atoms with van der Waals surface area (Å²) in [5.74, 6) is 6.00. The Balaban J connectivity index is 2.32. The quantitative estimate of drug-likeness (QED) is 0.526. The van der Waals surface area contributed by atoms with Crippen LogP contribution in [0.25, 0.3) is 22.0 Å². The Morgan fingerprint density at radius 1 is 1.00 bits per heavy atom. The van der Waals surface area contributed by atoms with E-state index in [1.807, 2.05) is 30.5 Å². The van der Waals surface area contributed by atoms with E-state index in [4.69, 9.17) is 5.84 Å². The summed E-state index contributed by atoms with van der Waals surface area (Å²) in [6.45, 7) is 0. The summed E-state index contributed by atoms with van der Waals surface area (Å²) < 4.78 is 0.